The lowest BCUT2D eigenvalue weighted by molar-refractivity contribution is 0.259. The van der Waals surface area contributed by atoms with E-state index in [9.17, 15) is 9.50 Å². The maximum Gasteiger partial charge on any atom is 0.225 e. The summed E-state index contributed by atoms with van der Waals surface area (Å²) in [7, 11) is 1.90. The molecule has 10 nitrogen and oxygen atoms in total. The van der Waals surface area contributed by atoms with Crippen molar-refractivity contribution >= 4 is 17.3 Å². The van der Waals surface area contributed by atoms with Gasteiger partial charge in [0.25, 0.3) is 0 Å². The highest BCUT2D eigenvalue weighted by molar-refractivity contribution is 5.77. The van der Waals surface area contributed by atoms with Gasteiger partial charge >= 0.3 is 0 Å². The summed E-state index contributed by atoms with van der Waals surface area (Å²) in [5.41, 5.74) is 4.31. The second-order valence-electron chi connectivity index (χ2n) is 10.1. The minimum absolute atomic E-state index is 0.000698. The minimum atomic E-state index is -0.524. The van der Waals surface area contributed by atoms with E-state index in [-0.39, 0.29) is 12.4 Å². The molecule has 0 saturated carbocycles. The number of aromatic nitrogens is 7. The zero-order chi connectivity index (χ0) is 27.0. The summed E-state index contributed by atoms with van der Waals surface area (Å²) in [4.78, 5) is 18.4. The van der Waals surface area contributed by atoms with Gasteiger partial charge in [-0.25, -0.2) is 23.9 Å². The maximum atomic E-state index is 13.5. The lowest BCUT2D eigenvalue weighted by atomic mass is 9.75. The Bertz CT molecular complexity index is 1570. The molecule has 1 aromatic carbocycles. The van der Waals surface area contributed by atoms with Crippen LogP contribution in [0, 0.1) is 5.82 Å². The summed E-state index contributed by atoms with van der Waals surface area (Å²) in [6.07, 6.45) is 11.5. The Morgan fingerprint density at radius 3 is 2.26 bits per heavy atom. The van der Waals surface area contributed by atoms with E-state index < -0.39 is 5.41 Å². The van der Waals surface area contributed by atoms with E-state index in [4.69, 9.17) is 0 Å². The molecule has 11 heteroatoms. The average molecular weight is 528 g/mol. The van der Waals surface area contributed by atoms with Crippen molar-refractivity contribution < 1.29 is 9.50 Å². The molecule has 0 amide bonds. The van der Waals surface area contributed by atoms with Crippen molar-refractivity contribution in [3.05, 3.63) is 84.6 Å². The normalized spacial score (nSPS) is 15.6. The number of fused-ring (bicyclic) bond motifs is 1. The first-order valence-corrected chi connectivity index (χ1v) is 13.0. The summed E-state index contributed by atoms with van der Waals surface area (Å²) in [6.45, 7) is 5.05. The number of anilines is 2. The summed E-state index contributed by atoms with van der Waals surface area (Å²) < 4.78 is 17.2. The molecule has 0 spiro atoms. The molecule has 0 unspecified atom stereocenters. The van der Waals surface area contributed by atoms with Gasteiger partial charge in [-0.2, -0.15) is 10.2 Å². The van der Waals surface area contributed by atoms with Crippen LogP contribution in [0.15, 0.2) is 67.6 Å². The molecular formula is C28H30FN9O. The number of halogens is 1. The standard InChI is InChI=1S/C28H30FN9O/c1-28(7-12-39,22-3-5-24(29)6-4-22)23-15-30-27(31-16-23)37-10-8-36(9-11-37)26-25-13-20(18-38(25)34-19-32-26)21-14-33-35(2)17-21/h3-6,13-19,39H,7-12H2,1-2H3/t28-/m0/s1. The molecule has 39 heavy (non-hydrogen) atoms. The summed E-state index contributed by atoms with van der Waals surface area (Å²) in [6, 6.07) is 8.50. The first kappa shape index (κ1) is 24.9. The Kier molecular flexibility index (Phi) is 6.43. The zero-order valence-electron chi connectivity index (χ0n) is 21.9. The van der Waals surface area contributed by atoms with Crippen molar-refractivity contribution in [2.45, 2.75) is 18.8 Å². The molecular weight excluding hydrogens is 497 g/mol. The topological polar surface area (TPSA) is 100 Å². The predicted molar refractivity (Wildman–Crippen MR) is 146 cm³/mol. The van der Waals surface area contributed by atoms with Crippen LogP contribution >= 0.6 is 0 Å². The number of hydrogen-bond donors (Lipinski definition) is 1. The van der Waals surface area contributed by atoms with E-state index in [2.05, 4.69) is 41.0 Å². The quantitative estimate of drug-likeness (QED) is 0.345. The second-order valence-corrected chi connectivity index (χ2v) is 10.1. The Balaban J connectivity index is 1.18. The maximum absolute atomic E-state index is 13.5. The summed E-state index contributed by atoms with van der Waals surface area (Å²) >= 11 is 0. The lowest BCUT2D eigenvalue weighted by Gasteiger charge is -2.36. The predicted octanol–water partition coefficient (Wildman–Crippen LogP) is 3.07. The van der Waals surface area contributed by atoms with Crippen molar-refractivity contribution in [3.8, 4) is 11.1 Å². The number of nitrogens with zero attached hydrogens (tertiary/aromatic N) is 9. The molecule has 1 N–H and O–H groups in total. The van der Waals surface area contributed by atoms with Gasteiger partial charge in [-0.1, -0.05) is 19.1 Å². The van der Waals surface area contributed by atoms with Gasteiger partial charge in [0.1, 0.15) is 17.7 Å². The Morgan fingerprint density at radius 1 is 0.872 bits per heavy atom. The van der Waals surface area contributed by atoms with Crippen molar-refractivity contribution in [2.24, 2.45) is 7.05 Å². The van der Waals surface area contributed by atoms with Crippen LogP contribution in [0.25, 0.3) is 16.6 Å². The molecule has 1 fully saturated rings. The van der Waals surface area contributed by atoms with Crippen molar-refractivity contribution in [1.82, 2.24) is 34.3 Å². The highest BCUT2D eigenvalue weighted by Crippen LogP contribution is 2.35. The number of aliphatic hydroxyl groups excluding tert-OH is 1. The van der Waals surface area contributed by atoms with Gasteiger partial charge in [0, 0.05) is 81.2 Å². The van der Waals surface area contributed by atoms with E-state index in [0.717, 1.165) is 59.8 Å². The number of aliphatic hydroxyl groups is 1. The molecule has 5 heterocycles. The van der Waals surface area contributed by atoms with Crippen LogP contribution in [-0.4, -0.2) is 72.2 Å². The van der Waals surface area contributed by atoms with Gasteiger partial charge in [0.05, 0.1) is 6.20 Å². The van der Waals surface area contributed by atoms with Crippen LogP contribution in [0.4, 0.5) is 16.2 Å². The van der Waals surface area contributed by atoms with Crippen molar-refractivity contribution in [1.29, 1.82) is 0 Å². The van der Waals surface area contributed by atoms with Gasteiger partial charge in [-0.05, 0) is 35.7 Å². The summed E-state index contributed by atoms with van der Waals surface area (Å²) in [5, 5.41) is 18.4. The molecule has 0 radical (unpaired) electrons. The molecule has 1 saturated heterocycles. The third-order valence-electron chi connectivity index (χ3n) is 7.65. The van der Waals surface area contributed by atoms with Gasteiger partial charge in [-0.15, -0.1) is 0 Å². The van der Waals surface area contributed by atoms with Crippen molar-refractivity contribution in [2.75, 3.05) is 42.6 Å². The molecule has 5 aromatic rings. The highest BCUT2D eigenvalue weighted by Gasteiger charge is 2.30. The number of aryl methyl sites for hydroxylation is 1. The van der Waals surface area contributed by atoms with Gasteiger partial charge in [0.15, 0.2) is 5.82 Å². The van der Waals surface area contributed by atoms with Crippen LogP contribution in [0.3, 0.4) is 0 Å². The zero-order valence-corrected chi connectivity index (χ0v) is 21.9. The molecule has 0 aliphatic carbocycles. The fraction of sp³-hybridized carbons (Fsp3) is 0.321. The molecule has 1 aliphatic rings. The van der Waals surface area contributed by atoms with Crippen LogP contribution in [0.1, 0.15) is 24.5 Å². The van der Waals surface area contributed by atoms with E-state index in [1.54, 1.807) is 23.1 Å². The minimum Gasteiger partial charge on any atom is -0.396 e. The number of piperazine rings is 1. The second kappa shape index (κ2) is 10.1. The molecule has 1 aliphatic heterocycles. The number of benzene rings is 1. The van der Waals surface area contributed by atoms with Crippen LogP contribution < -0.4 is 9.80 Å². The van der Waals surface area contributed by atoms with E-state index in [0.29, 0.717) is 12.4 Å². The monoisotopic (exact) mass is 527 g/mol. The van der Waals surface area contributed by atoms with Crippen LogP contribution in [0.5, 0.6) is 0 Å². The molecule has 1 atom stereocenters. The van der Waals surface area contributed by atoms with Gasteiger partial charge < -0.3 is 14.9 Å². The molecule has 0 bridgehead atoms. The summed E-state index contributed by atoms with van der Waals surface area (Å²) in [5.74, 6) is 1.28. The Morgan fingerprint density at radius 2 is 1.59 bits per heavy atom. The van der Waals surface area contributed by atoms with E-state index in [1.165, 1.54) is 12.1 Å². The van der Waals surface area contributed by atoms with Crippen LogP contribution in [0.2, 0.25) is 0 Å². The smallest absolute Gasteiger partial charge is 0.225 e. The van der Waals surface area contributed by atoms with E-state index >= 15 is 0 Å². The largest absolute Gasteiger partial charge is 0.396 e. The lowest BCUT2D eigenvalue weighted by Crippen LogP contribution is -2.47. The highest BCUT2D eigenvalue weighted by atomic mass is 19.1. The van der Waals surface area contributed by atoms with Gasteiger partial charge in [0.2, 0.25) is 5.95 Å². The fourth-order valence-corrected chi connectivity index (χ4v) is 5.27. The molecule has 4 aromatic heterocycles. The third kappa shape index (κ3) is 4.69. The average Bonchev–Trinajstić information content (AvgIpc) is 3.60. The first-order valence-electron chi connectivity index (χ1n) is 13.0. The van der Waals surface area contributed by atoms with Crippen molar-refractivity contribution in [3.63, 3.8) is 0 Å². The van der Waals surface area contributed by atoms with E-state index in [1.807, 2.05) is 49.5 Å². The SMILES string of the molecule is Cn1cc(-c2cc3c(N4CCN(c5ncc([C@@](C)(CCO)c6ccc(F)cc6)cn5)CC4)ncnn3c2)cn1. The third-order valence-corrected chi connectivity index (χ3v) is 7.65. The molecule has 6 rings (SSSR count). The number of hydrogen-bond acceptors (Lipinski definition) is 8. The van der Waals surface area contributed by atoms with Crippen LogP contribution in [-0.2, 0) is 12.5 Å². The number of rotatable bonds is 7. The van der Waals surface area contributed by atoms with Gasteiger partial charge in [-0.3, -0.25) is 4.68 Å². The fourth-order valence-electron chi connectivity index (χ4n) is 5.27. The Labute approximate surface area is 225 Å². The molecule has 200 valence electrons. The first-order chi connectivity index (χ1) is 18.9. The Hall–Kier alpha value is -4.38.